The summed E-state index contributed by atoms with van der Waals surface area (Å²) in [4.78, 5) is 5.09. The normalized spacial score (nSPS) is 11.4. The van der Waals surface area contributed by atoms with E-state index in [1.165, 1.54) is 54.9 Å². The molecule has 0 N–H and O–H groups in total. The maximum atomic E-state index is 5.09. The highest BCUT2D eigenvalue weighted by Gasteiger charge is 2.16. The van der Waals surface area contributed by atoms with Crippen LogP contribution in [-0.2, 0) is 0 Å². The van der Waals surface area contributed by atoms with Gasteiger partial charge in [-0.25, -0.2) is 4.98 Å². The van der Waals surface area contributed by atoms with Crippen LogP contribution in [0, 0.1) is 0 Å². The maximum absolute atomic E-state index is 5.09. The lowest BCUT2D eigenvalue weighted by molar-refractivity contribution is 1.10. The lowest BCUT2D eigenvalue weighted by Gasteiger charge is -2.15. The zero-order valence-corrected chi connectivity index (χ0v) is 25.7. The van der Waals surface area contributed by atoms with Crippen LogP contribution < -0.4 is 0 Å². The summed E-state index contributed by atoms with van der Waals surface area (Å²) < 4.78 is 2.25. The van der Waals surface area contributed by atoms with Crippen molar-refractivity contribution in [2.45, 2.75) is 0 Å². The first kappa shape index (κ1) is 27.1. The molecule has 220 valence electrons. The second kappa shape index (κ2) is 11.3. The third-order valence-corrected chi connectivity index (χ3v) is 9.21. The van der Waals surface area contributed by atoms with Crippen LogP contribution in [0.4, 0.5) is 0 Å². The van der Waals surface area contributed by atoms with Gasteiger partial charge in [0.05, 0.1) is 11.0 Å². The SMILES string of the molecule is c1ccc(-c2cccc3c2ccc2c(-c4ccccc4)cc(-c4ccc(-c5nc6ccccc6n5-c5ccccc5)cc4)cc23)cc1. The number of hydrogen-bond donors (Lipinski definition) is 0. The fraction of sp³-hybridized carbons (Fsp3) is 0. The van der Waals surface area contributed by atoms with E-state index in [9.17, 15) is 0 Å². The molecule has 2 heteroatoms. The van der Waals surface area contributed by atoms with Gasteiger partial charge in [0.15, 0.2) is 0 Å². The van der Waals surface area contributed by atoms with Gasteiger partial charge in [-0.05, 0) is 91.3 Å². The number of rotatable bonds is 5. The summed E-state index contributed by atoms with van der Waals surface area (Å²) in [5, 5.41) is 5.03. The average Bonchev–Trinajstić information content (AvgIpc) is 3.55. The number of imidazole rings is 1. The van der Waals surface area contributed by atoms with Gasteiger partial charge in [-0.15, -0.1) is 0 Å². The Balaban J connectivity index is 1.23. The highest BCUT2D eigenvalue weighted by Crippen LogP contribution is 2.40. The molecule has 0 fully saturated rings. The Hall–Kier alpha value is -6.25. The van der Waals surface area contributed by atoms with Gasteiger partial charge >= 0.3 is 0 Å². The van der Waals surface area contributed by atoms with Crippen molar-refractivity contribution in [1.82, 2.24) is 9.55 Å². The maximum Gasteiger partial charge on any atom is 0.145 e. The number of para-hydroxylation sites is 3. The summed E-state index contributed by atoms with van der Waals surface area (Å²) in [6, 6.07) is 65.1. The third kappa shape index (κ3) is 4.70. The van der Waals surface area contributed by atoms with Gasteiger partial charge in [0.2, 0.25) is 0 Å². The molecule has 9 aromatic rings. The van der Waals surface area contributed by atoms with E-state index >= 15 is 0 Å². The monoisotopic (exact) mass is 598 g/mol. The van der Waals surface area contributed by atoms with E-state index in [4.69, 9.17) is 4.98 Å². The second-order valence-electron chi connectivity index (χ2n) is 12.0. The molecule has 0 amide bonds. The zero-order chi connectivity index (χ0) is 31.2. The smallest absolute Gasteiger partial charge is 0.145 e. The Morgan fingerprint density at radius 3 is 1.66 bits per heavy atom. The molecule has 1 aromatic heterocycles. The summed E-state index contributed by atoms with van der Waals surface area (Å²) in [6.45, 7) is 0. The van der Waals surface area contributed by atoms with E-state index in [1.54, 1.807) is 0 Å². The Morgan fingerprint density at radius 1 is 0.340 bits per heavy atom. The van der Waals surface area contributed by atoms with E-state index < -0.39 is 0 Å². The molecule has 0 aliphatic heterocycles. The summed E-state index contributed by atoms with van der Waals surface area (Å²) >= 11 is 0. The topological polar surface area (TPSA) is 17.8 Å². The van der Waals surface area contributed by atoms with Gasteiger partial charge in [-0.1, -0.05) is 146 Å². The van der Waals surface area contributed by atoms with Gasteiger partial charge < -0.3 is 0 Å². The van der Waals surface area contributed by atoms with Crippen molar-refractivity contribution in [3.05, 3.63) is 182 Å². The molecular weight excluding hydrogens is 569 g/mol. The van der Waals surface area contributed by atoms with Crippen molar-refractivity contribution in [2.75, 3.05) is 0 Å². The zero-order valence-electron chi connectivity index (χ0n) is 25.7. The van der Waals surface area contributed by atoms with Crippen LogP contribution >= 0.6 is 0 Å². The van der Waals surface area contributed by atoms with Crippen LogP contribution in [0.5, 0.6) is 0 Å². The lowest BCUT2D eigenvalue weighted by Crippen LogP contribution is -1.97. The molecule has 0 saturated heterocycles. The van der Waals surface area contributed by atoms with E-state index in [2.05, 4.69) is 180 Å². The van der Waals surface area contributed by atoms with Crippen molar-refractivity contribution in [3.8, 4) is 50.5 Å². The molecule has 2 nitrogen and oxygen atoms in total. The molecule has 47 heavy (non-hydrogen) atoms. The summed E-state index contributed by atoms with van der Waals surface area (Å²) in [7, 11) is 0. The minimum absolute atomic E-state index is 0.937. The quantitative estimate of drug-likeness (QED) is 0.180. The molecule has 0 aliphatic rings. The minimum atomic E-state index is 0.937. The van der Waals surface area contributed by atoms with Gasteiger partial charge in [0.25, 0.3) is 0 Å². The largest absolute Gasteiger partial charge is 0.292 e. The molecule has 8 aromatic carbocycles. The van der Waals surface area contributed by atoms with Gasteiger partial charge in [-0.2, -0.15) is 0 Å². The van der Waals surface area contributed by atoms with Crippen molar-refractivity contribution in [1.29, 1.82) is 0 Å². The first-order valence-electron chi connectivity index (χ1n) is 16.1. The minimum Gasteiger partial charge on any atom is -0.292 e. The molecule has 1 heterocycles. The van der Waals surface area contributed by atoms with Crippen LogP contribution in [0.3, 0.4) is 0 Å². The highest BCUT2D eigenvalue weighted by molar-refractivity contribution is 6.16. The Morgan fingerprint density at radius 2 is 0.936 bits per heavy atom. The molecule has 0 unspecified atom stereocenters. The Bertz CT molecular complexity index is 2530. The Labute approximate surface area is 273 Å². The van der Waals surface area contributed by atoms with E-state index in [-0.39, 0.29) is 0 Å². The van der Waals surface area contributed by atoms with Crippen molar-refractivity contribution in [3.63, 3.8) is 0 Å². The standard InChI is InChI=1S/C45H30N2/c1-4-13-32(14-5-1)37-19-12-20-38-39(37)27-28-40-41(33-15-6-2-7-16-33)29-35(30-42(38)40)31-23-25-34(26-24-31)45-46-43-21-10-11-22-44(43)47(45)36-17-8-3-9-18-36/h1-30H. The first-order chi connectivity index (χ1) is 23.3. The lowest BCUT2D eigenvalue weighted by atomic mass is 9.88. The van der Waals surface area contributed by atoms with E-state index in [1.807, 2.05) is 6.07 Å². The molecule has 0 radical (unpaired) electrons. The number of fused-ring (bicyclic) bond motifs is 4. The number of benzene rings is 8. The van der Waals surface area contributed by atoms with Crippen molar-refractivity contribution < 1.29 is 0 Å². The van der Waals surface area contributed by atoms with E-state index in [0.717, 1.165) is 28.1 Å². The van der Waals surface area contributed by atoms with Crippen LogP contribution in [0.25, 0.3) is 83.0 Å². The molecule has 0 atom stereocenters. The molecule has 0 aliphatic carbocycles. The third-order valence-electron chi connectivity index (χ3n) is 9.21. The molecular formula is C45H30N2. The van der Waals surface area contributed by atoms with Gasteiger partial charge in [0, 0.05) is 11.3 Å². The molecule has 0 bridgehead atoms. The average molecular weight is 599 g/mol. The predicted molar refractivity (Wildman–Crippen MR) is 198 cm³/mol. The fourth-order valence-corrected chi connectivity index (χ4v) is 6.96. The fourth-order valence-electron chi connectivity index (χ4n) is 6.96. The van der Waals surface area contributed by atoms with Gasteiger partial charge in [-0.3, -0.25) is 4.57 Å². The van der Waals surface area contributed by atoms with Gasteiger partial charge in [0.1, 0.15) is 5.82 Å². The summed E-state index contributed by atoms with van der Waals surface area (Å²) in [6.07, 6.45) is 0. The number of aromatic nitrogens is 2. The van der Waals surface area contributed by atoms with Crippen LogP contribution in [-0.4, -0.2) is 9.55 Å². The number of hydrogen-bond acceptors (Lipinski definition) is 1. The molecule has 0 saturated carbocycles. The van der Waals surface area contributed by atoms with Crippen LogP contribution in [0.2, 0.25) is 0 Å². The summed E-state index contributed by atoms with van der Waals surface area (Å²) in [5.41, 5.74) is 11.6. The van der Waals surface area contributed by atoms with Crippen LogP contribution in [0.1, 0.15) is 0 Å². The molecule has 0 spiro atoms. The second-order valence-corrected chi connectivity index (χ2v) is 12.0. The van der Waals surface area contributed by atoms with E-state index in [0.29, 0.717) is 0 Å². The number of nitrogens with zero attached hydrogens (tertiary/aromatic N) is 2. The van der Waals surface area contributed by atoms with Crippen molar-refractivity contribution >= 4 is 32.6 Å². The van der Waals surface area contributed by atoms with Crippen LogP contribution in [0.15, 0.2) is 182 Å². The van der Waals surface area contributed by atoms with Crippen molar-refractivity contribution in [2.24, 2.45) is 0 Å². The Kier molecular flexibility index (Phi) is 6.50. The molecule has 9 rings (SSSR count). The first-order valence-corrected chi connectivity index (χ1v) is 16.1. The highest BCUT2D eigenvalue weighted by atomic mass is 15.1. The summed E-state index contributed by atoms with van der Waals surface area (Å²) in [5.74, 6) is 0.937. The predicted octanol–water partition coefficient (Wildman–Crippen LogP) is 12.0.